The second-order valence-electron chi connectivity index (χ2n) is 7.18. The van der Waals surface area contributed by atoms with Gasteiger partial charge in [0.2, 0.25) is 0 Å². The molecule has 3 rings (SSSR count). The smallest absolute Gasteiger partial charge is 0.217 e. The van der Waals surface area contributed by atoms with E-state index in [4.69, 9.17) is 0 Å². The fourth-order valence-corrected chi connectivity index (χ4v) is 7.03. The highest BCUT2D eigenvalue weighted by atomic mass is 79.9. The van der Waals surface area contributed by atoms with E-state index >= 15 is 0 Å². The van der Waals surface area contributed by atoms with Crippen molar-refractivity contribution in [2.24, 2.45) is 0 Å². The zero-order chi connectivity index (χ0) is 26.6. The highest BCUT2D eigenvalue weighted by molar-refractivity contribution is 9.12. The lowest BCUT2D eigenvalue weighted by Crippen LogP contribution is -2.56. The molecule has 0 saturated carbocycles. The molecule has 2 nitrogen and oxygen atoms in total. The summed E-state index contributed by atoms with van der Waals surface area (Å²) in [5.41, 5.74) is -2.28. The summed E-state index contributed by atoms with van der Waals surface area (Å²) in [6.07, 6.45) is -5.63. The average Bonchev–Trinajstić information content (AvgIpc) is 2.73. The van der Waals surface area contributed by atoms with Gasteiger partial charge in [0.25, 0.3) is 9.84 Å². The average molecular weight is 657 g/mol. The normalized spacial score (nSPS) is 20.1. The first kappa shape index (κ1) is 27.8. The van der Waals surface area contributed by atoms with Crippen LogP contribution in [0.5, 0.6) is 0 Å². The summed E-state index contributed by atoms with van der Waals surface area (Å²) in [6.45, 7) is 0. The molecule has 0 N–H and O–H groups in total. The molecule has 0 saturated heterocycles. The van der Waals surface area contributed by atoms with E-state index in [9.17, 15) is 47.9 Å². The van der Waals surface area contributed by atoms with Gasteiger partial charge in [0.1, 0.15) is 11.6 Å². The van der Waals surface area contributed by atoms with Gasteiger partial charge in [-0.25, -0.2) is 17.2 Å². The Morgan fingerprint density at radius 3 is 1.83 bits per heavy atom. The number of rotatable bonds is 5. The van der Waals surface area contributed by atoms with Gasteiger partial charge in [0.05, 0.1) is 9.23 Å². The van der Waals surface area contributed by atoms with Crippen LogP contribution in [0.1, 0.15) is 11.1 Å². The third-order valence-corrected chi connectivity index (χ3v) is 8.32. The summed E-state index contributed by atoms with van der Waals surface area (Å²) in [5.74, 6) is -9.33. The summed E-state index contributed by atoms with van der Waals surface area (Å²) in [6, 6.07) is 8.29. The maximum absolute atomic E-state index is 14.8. The Kier molecular flexibility index (Phi) is 7.10. The number of hydrogen-bond donors (Lipinski definition) is 0. The molecule has 1 unspecified atom stereocenters. The van der Waals surface area contributed by atoms with Gasteiger partial charge in [-0.15, -0.1) is 0 Å². The van der Waals surface area contributed by atoms with Gasteiger partial charge in [0.15, 0.2) is 0 Å². The zero-order valence-electron chi connectivity index (χ0n) is 16.7. The molecule has 1 aliphatic carbocycles. The van der Waals surface area contributed by atoms with E-state index in [0.717, 1.165) is 42.8 Å². The molecule has 1 radical (unpaired) electrons. The van der Waals surface area contributed by atoms with Crippen LogP contribution in [0.3, 0.4) is 0 Å². The van der Waals surface area contributed by atoms with Crippen LogP contribution >= 0.6 is 31.9 Å². The van der Waals surface area contributed by atoms with Crippen molar-refractivity contribution in [3.05, 3.63) is 93.2 Å². The van der Waals surface area contributed by atoms with Crippen molar-refractivity contribution < 1.29 is 47.9 Å². The fraction of sp³-hybridized carbons (Fsp3) is 0.190. The topological polar surface area (TPSA) is 34.1 Å². The Labute approximate surface area is 209 Å². The quantitative estimate of drug-likeness (QED) is 0.245. The summed E-state index contributed by atoms with van der Waals surface area (Å²) in [7, 11) is -6.91. The van der Waals surface area contributed by atoms with Gasteiger partial charge in [-0.3, -0.25) is 0 Å². The van der Waals surface area contributed by atoms with Gasteiger partial charge in [-0.05, 0) is 18.2 Å². The number of benzene rings is 2. The molecule has 35 heavy (non-hydrogen) atoms. The molecule has 0 fully saturated rings. The van der Waals surface area contributed by atoms with Crippen molar-refractivity contribution in [2.75, 3.05) is 0 Å². The van der Waals surface area contributed by atoms with Crippen LogP contribution in [0.4, 0.5) is 39.5 Å². The van der Waals surface area contributed by atoms with Gasteiger partial charge >= 0.3 is 17.4 Å². The van der Waals surface area contributed by atoms with E-state index in [2.05, 4.69) is 31.9 Å². The number of hydrogen-bond acceptors (Lipinski definition) is 2. The summed E-state index contributed by atoms with van der Waals surface area (Å²) in [5, 5.41) is -6.73. The molecule has 189 valence electrons. The molecule has 1 aliphatic rings. The van der Waals surface area contributed by atoms with Crippen LogP contribution in [0, 0.1) is 18.1 Å². The third kappa shape index (κ3) is 4.35. The Bertz CT molecular complexity index is 1330. The minimum atomic E-state index is -7.03. The van der Waals surface area contributed by atoms with E-state index in [-0.39, 0.29) is 0 Å². The molecule has 2 aromatic rings. The molecule has 0 aromatic heterocycles. The largest absolute Gasteiger partial charge is 0.461 e. The zero-order valence-corrected chi connectivity index (χ0v) is 20.6. The minimum absolute atomic E-state index is 0.317. The second-order valence-corrected chi connectivity index (χ2v) is 11.3. The van der Waals surface area contributed by atoms with Crippen LogP contribution in [-0.2, 0) is 14.2 Å². The lowest BCUT2D eigenvalue weighted by Gasteiger charge is -2.37. The van der Waals surface area contributed by atoms with Gasteiger partial charge in [-0.2, -0.15) is 30.7 Å². The predicted octanol–water partition coefficient (Wildman–Crippen LogP) is 7.67. The number of alkyl halides is 8. The fourth-order valence-electron chi connectivity index (χ4n) is 3.33. The van der Waals surface area contributed by atoms with E-state index in [1.54, 1.807) is 0 Å². The van der Waals surface area contributed by atoms with Gasteiger partial charge in [0, 0.05) is 27.6 Å². The molecule has 0 aliphatic heterocycles. The molecular weight excluding hydrogens is 647 g/mol. The highest BCUT2D eigenvalue weighted by Gasteiger charge is 2.79. The van der Waals surface area contributed by atoms with E-state index in [1.807, 2.05) is 0 Å². The Morgan fingerprint density at radius 1 is 0.800 bits per heavy atom. The predicted molar refractivity (Wildman–Crippen MR) is 117 cm³/mol. The molecule has 2 aromatic carbocycles. The van der Waals surface area contributed by atoms with Gasteiger partial charge < -0.3 is 0 Å². The molecule has 0 amide bonds. The van der Waals surface area contributed by atoms with E-state index in [1.165, 1.54) is 12.1 Å². The van der Waals surface area contributed by atoms with Crippen LogP contribution < -0.4 is 0 Å². The third-order valence-electron chi connectivity index (χ3n) is 4.97. The second kappa shape index (κ2) is 8.94. The monoisotopic (exact) mass is 655 g/mol. The van der Waals surface area contributed by atoms with Crippen LogP contribution in [0.15, 0.2) is 64.0 Å². The SMILES string of the molecule is O=S(=O)(C1=C(c2ccccc2F)C(Br)(c2ccccc2F)[CH]C(Br)=C1)C(F)(F)C(F)(F)C(F)(F)F. The van der Waals surface area contributed by atoms with Crippen LogP contribution in [0.2, 0.25) is 0 Å². The lowest BCUT2D eigenvalue weighted by molar-refractivity contribution is -0.331. The summed E-state index contributed by atoms with van der Waals surface area (Å²) < 4.78 is 148. The van der Waals surface area contributed by atoms with Gasteiger partial charge in [-0.1, -0.05) is 68.3 Å². The van der Waals surface area contributed by atoms with Crippen molar-refractivity contribution in [1.29, 1.82) is 0 Å². The maximum atomic E-state index is 14.8. The van der Waals surface area contributed by atoms with Crippen molar-refractivity contribution in [2.45, 2.75) is 21.7 Å². The van der Waals surface area contributed by atoms with Crippen LogP contribution in [0.25, 0.3) is 5.57 Å². The maximum Gasteiger partial charge on any atom is 0.461 e. The number of allylic oxidation sites excluding steroid dienone is 3. The molecule has 1 atom stereocenters. The van der Waals surface area contributed by atoms with Crippen molar-refractivity contribution in [1.82, 2.24) is 0 Å². The van der Waals surface area contributed by atoms with Crippen LogP contribution in [-0.4, -0.2) is 25.8 Å². The molecule has 14 heteroatoms. The van der Waals surface area contributed by atoms with Crippen molar-refractivity contribution in [3.63, 3.8) is 0 Å². The van der Waals surface area contributed by atoms with E-state index in [0.29, 0.717) is 6.08 Å². The van der Waals surface area contributed by atoms with Crippen molar-refractivity contribution in [3.8, 4) is 0 Å². The Balaban J connectivity index is 2.51. The summed E-state index contributed by atoms with van der Waals surface area (Å²) >= 11 is 5.81. The number of sulfone groups is 1. The lowest BCUT2D eigenvalue weighted by atomic mass is 9.81. The first-order valence-corrected chi connectivity index (χ1v) is 12.2. The highest BCUT2D eigenvalue weighted by Crippen LogP contribution is 2.58. The first-order chi connectivity index (χ1) is 15.9. The first-order valence-electron chi connectivity index (χ1n) is 9.13. The number of halogens is 11. The molecular formula is C21H10Br2F9O2S. The van der Waals surface area contributed by atoms with E-state index < -0.39 is 69.2 Å². The minimum Gasteiger partial charge on any atom is -0.217 e. The Morgan fingerprint density at radius 2 is 1.31 bits per heavy atom. The molecule has 0 bridgehead atoms. The molecule has 0 spiro atoms. The molecule has 0 heterocycles. The standard InChI is InChI=1S/C21H10Br2F9O2S/c22-11-9-16(35(33,34)21(31,32)19(26,27)20(28,29)30)17(12-5-1-3-7-14(12)24)18(23,10-11)13-6-2-4-8-15(13)25/h1-10H. The summed E-state index contributed by atoms with van der Waals surface area (Å²) in [4.78, 5) is -1.79. The van der Waals surface area contributed by atoms with Crippen molar-refractivity contribution >= 4 is 47.3 Å². The Hall–Kier alpha value is -1.80.